The molecule has 4 heteroatoms. The van der Waals surface area contributed by atoms with E-state index in [1.54, 1.807) is 0 Å². The van der Waals surface area contributed by atoms with Gasteiger partial charge >= 0.3 is 0 Å². The maximum Gasteiger partial charge on any atom is 0.195 e. The van der Waals surface area contributed by atoms with Crippen LogP contribution >= 0.6 is 12.4 Å². The third kappa shape index (κ3) is 4.16. The molecule has 0 spiro atoms. The summed E-state index contributed by atoms with van der Waals surface area (Å²) >= 11 is 0. The third-order valence-electron chi connectivity index (χ3n) is 4.61. The van der Waals surface area contributed by atoms with Crippen molar-refractivity contribution in [3.05, 3.63) is 90.0 Å². The van der Waals surface area contributed by atoms with Crippen molar-refractivity contribution in [2.45, 2.75) is 13.0 Å². The van der Waals surface area contributed by atoms with E-state index >= 15 is 0 Å². The molecule has 0 aliphatic carbocycles. The number of ether oxygens (including phenoxy) is 1. The summed E-state index contributed by atoms with van der Waals surface area (Å²) in [4.78, 5) is 3.38. The van der Waals surface area contributed by atoms with Gasteiger partial charge in [-0.1, -0.05) is 72.8 Å². The summed E-state index contributed by atoms with van der Waals surface area (Å²) in [7, 11) is 0. The summed E-state index contributed by atoms with van der Waals surface area (Å²) in [5.41, 5.74) is 11.6. The van der Waals surface area contributed by atoms with Crippen LogP contribution < -0.4 is 10.5 Å². The normalized spacial score (nSPS) is 10.6. The first-order valence-corrected chi connectivity index (χ1v) is 8.92. The average molecular weight is 379 g/mol. The molecule has 0 radical (unpaired) electrons. The van der Waals surface area contributed by atoms with Gasteiger partial charge in [-0.25, -0.2) is 0 Å². The van der Waals surface area contributed by atoms with E-state index in [9.17, 15) is 0 Å². The number of hydrogen-bond acceptors (Lipinski definition) is 2. The molecular weight excluding hydrogens is 356 g/mol. The van der Waals surface area contributed by atoms with Crippen molar-refractivity contribution in [3.8, 4) is 17.0 Å². The van der Waals surface area contributed by atoms with Crippen molar-refractivity contribution in [1.82, 2.24) is 4.98 Å². The minimum Gasteiger partial charge on any atom is -0.474 e. The Morgan fingerprint density at radius 3 is 2.19 bits per heavy atom. The van der Waals surface area contributed by atoms with Gasteiger partial charge in [0.25, 0.3) is 0 Å². The lowest BCUT2D eigenvalue weighted by Crippen LogP contribution is -2.04. The number of para-hydroxylation sites is 1. The number of aromatic amines is 1. The third-order valence-corrected chi connectivity index (χ3v) is 4.61. The van der Waals surface area contributed by atoms with Crippen molar-refractivity contribution >= 4 is 23.3 Å². The van der Waals surface area contributed by atoms with Gasteiger partial charge in [0.15, 0.2) is 5.88 Å². The van der Waals surface area contributed by atoms with Gasteiger partial charge in [-0.05, 0) is 35.7 Å². The summed E-state index contributed by atoms with van der Waals surface area (Å²) < 4.78 is 6.10. The van der Waals surface area contributed by atoms with Crippen molar-refractivity contribution in [2.24, 2.45) is 5.73 Å². The maximum absolute atomic E-state index is 6.10. The van der Waals surface area contributed by atoms with Gasteiger partial charge in [-0.15, -0.1) is 12.4 Å². The predicted octanol–water partition coefficient (Wildman–Crippen LogP) is 5.34. The fraction of sp³-hybridized carbons (Fsp3) is 0.130. The number of rotatable bonds is 6. The molecular formula is C23H23ClN2O. The SMILES string of the molecule is Cl.NCCc1c(OCc2ccc(-c3ccccc3)cc2)[nH]c2ccccc12. The molecule has 0 fully saturated rings. The Kier molecular flexibility index (Phi) is 6.17. The second-order valence-electron chi connectivity index (χ2n) is 6.37. The summed E-state index contributed by atoms with van der Waals surface area (Å²) in [6.07, 6.45) is 0.798. The van der Waals surface area contributed by atoms with E-state index in [0.717, 1.165) is 28.9 Å². The van der Waals surface area contributed by atoms with Crippen LogP contribution in [0.3, 0.4) is 0 Å². The second-order valence-corrected chi connectivity index (χ2v) is 6.37. The molecule has 4 aromatic rings. The number of fused-ring (bicyclic) bond motifs is 1. The lowest BCUT2D eigenvalue weighted by atomic mass is 10.0. The highest BCUT2D eigenvalue weighted by atomic mass is 35.5. The molecule has 0 aliphatic rings. The quantitative estimate of drug-likeness (QED) is 0.476. The van der Waals surface area contributed by atoms with Gasteiger partial charge in [0.1, 0.15) is 6.61 Å². The van der Waals surface area contributed by atoms with Crippen LogP contribution in [0.25, 0.3) is 22.0 Å². The molecule has 138 valence electrons. The van der Waals surface area contributed by atoms with Crippen molar-refractivity contribution in [3.63, 3.8) is 0 Å². The monoisotopic (exact) mass is 378 g/mol. The van der Waals surface area contributed by atoms with Gasteiger partial charge in [0.2, 0.25) is 0 Å². The van der Waals surface area contributed by atoms with Gasteiger partial charge < -0.3 is 15.5 Å². The molecule has 0 saturated carbocycles. The molecule has 0 amide bonds. The van der Waals surface area contributed by atoms with Crippen molar-refractivity contribution in [2.75, 3.05) is 6.54 Å². The van der Waals surface area contributed by atoms with Crippen LogP contribution in [0, 0.1) is 0 Å². The van der Waals surface area contributed by atoms with Gasteiger partial charge in [-0.3, -0.25) is 0 Å². The summed E-state index contributed by atoms with van der Waals surface area (Å²) in [6, 6.07) is 27.1. The minimum atomic E-state index is 0. The van der Waals surface area contributed by atoms with E-state index in [4.69, 9.17) is 10.5 Å². The van der Waals surface area contributed by atoms with Crippen LogP contribution in [-0.2, 0) is 13.0 Å². The van der Waals surface area contributed by atoms with Crippen molar-refractivity contribution in [1.29, 1.82) is 0 Å². The van der Waals surface area contributed by atoms with E-state index in [1.165, 1.54) is 16.5 Å². The predicted molar refractivity (Wildman–Crippen MR) is 115 cm³/mol. The molecule has 3 aromatic carbocycles. The first kappa shape index (κ1) is 19.0. The number of halogens is 1. The van der Waals surface area contributed by atoms with Gasteiger partial charge in [-0.2, -0.15) is 0 Å². The molecule has 0 unspecified atom stereocenters. The highest BCUT2D eigenvalue weighted by Gasteiger charge is 2.12. The minimum absolute atomic E-state index is 0. The fourth-order valence-electron chi connectivity index (χ4n) is 3.27. The first-order chi connectivity index (χ1) is 12.8. The zero-order chi connectivity index (χ0) is 17.8. The number of H-pyrrole nitrogens is 1. The first-order valence-electron chi connectivity index (χ1n) is 8.92. The number of benzene rings is 3. The molecule has 1 heterocycles. The smallest absolute Gasteiger partial charge is 0.195 e. The van der Waals surface area contributed by atoms with Crippen LogP contribution in [-0.4, -0.2) is 11.5 Å². The summed E-state index contributed by atoms with van der Waals surface area (Å²) in [5.74, 6) is 0.823. The Balaban J connectivity index is 0.00000210. The maximum atomic E-state index is 6.10. The topological polar surface area (TPSA) is 51.0 Å². The molecule has 3 N–H and O–H groups in total. The van der Waals surface area contributed by atoms with Gasteiger partial charge in [0, 0.05) is 16.5 Å². The van der Waals surface area contributed by atoms with Crippen LogP contribution in [0.15, 0.2) is 78.9 Å². The number of aromatic nitrogens is 1. The molecule has 1 aromatic heterocycles. The standard InChI is InChI=1S/C23H22N2O.ClH/c24-15-14-21-20-8-4-5-9-22(20)25-23(21)26-16-17-10-12-19(13-11-17)18-6-2-1-3-7-18;/h1-13,25H,14-16,24H2;1H. The number of nitrogens with two attached hydrogens (primary N) is 1. The Morgan fingerprint density at radius 2 is 1.44 bits per heavy atom. The Morgan fingerprint density at radius 1 is 0.778 bits per heavy atom. The van der Waals surface area contributed by atoms with E-state index in [1.807, 2.05) is 18.2 Å². The van der Waals surface area contributed by atoms with E-state index in [2.05, 4.69) is 65.6 Å². The van der Waals surface area contributed by atoms with Crippen LogP contribution in [0.4, 0.5) is 0 Å². The largest absolute Gasteiger partial charge is 0.474 e. The number of hydrogen-bond donors (Lipinski definition) is 2. The Labute approximate surface area is 165 Å². The van der Waals surface area contributed by atoms with Crippen molar-refractivity contribution < 1.29 is 4.74 Å². The lowest BCUT2D eigenvalue weighted by molar-refractivity contribution is 0.293. The molecule has 0 saturated heterocycles. The summed E-state index contributed by atoms with van der Waals surface area (Å²) in [6.45, 7) is 1.13. The van der Waals surface area contributed by atoms with Crippen LogP contribution in [0.5, 0.6) is 5.88 Å². The molecule has 4 rings (SSSR count). The van der Waals surface area contributed by atoms with Gasteiger partial charge in [0.05, 0.1) is 0 Å². The number of nitrogens with one attached hydrogen (secondary N) is 1. The molecule has 0 bridgehead atoms. The zero-order valence-corrected chi connectivity index (χ0v) is 15.8. The zero-order valence-electron chi connectivity index (χ0n) is 15.0. The van der Waals surface area contributed by atoms with E-state index in [-0.39, 0.29) is 12.4 Å². The molecule has 0 atom stereocenters. The van der Waals surface area contributed by atoms with Crippen LogP contribution in [0.1, 0.15) is 11.1 Å². The second kappa shape index (κ2) is 8.76. The van der Waals surface area contributed by atoms with Crippen LogP contribution in [0.2, 0.25) is 0 Å². The Bertz CT molecular complexity index is 994. The molecule has 3 nitrogen and oxygen atoms in total. The van der Waals surface area contributed by atoms with E-state index < -0.39 is 0 Å². The highest BCUT2D eigenvalue weighted by molar-refractivity contribution is 5.86. The highest BCUT2D eigenvalue weighted by Crippen LogP contribution is 2.29. The molecule has 27 heavy (non-hydrogen) atoms. The summed E-state index contributed by atoms with van der Waals surface area (Å²) in [5, 5.41) is 1.19. The fourth-order valence-corrected chi connectivity index (χ4v) is 3.27. The lowest BCUT2D eigenvalue weighted by Gasteiger charge is -2.08. The van der Waals surface area contributed by atoms with E-state index in [0.29, 0.717) is 13.2 Å². The Hall–Kier alpha value is -2.75. The molecule has 0 aliphatic heterocycles. The average Bonchev–Trinajstić information content (AvgIpc) is 3.05.